The van der Waals surface area contributed by atoms with Crippen LogP contribution in [0.3, 0.4) is 0 Å². The van der Waals surface area contributed by atoms with Gasteiger partial charge in [-0.25, -0.2) is 0 Å². The van der Waals surface area contributed by atoms with Gasteiger partial charge in [-0.15, -0.1) is 12.6 Å². The molecule has 1 heterocycles. The number of carbonyl (C=O) groups is 1. The summed E-state index contributed by atoms with van der Waals surface area (Å²) in [5, 5.41) is 30.3. The summed E-state index contributed by atoms with van der Waals surface area (Å²) in [5.41, 5.74) is 1.92. The Kier molecular flexibility index (Phi) is 6.56. The maximum absolute atomic E-state index is 13.3. The van der Waals surface area contributed by atoms with Crippen LogP contribution in [-0.4, -0.2) is 29.4 Å². The zero-order valence-corrected chi connectivity index (χ0v) is 20.6. The zero-order chi connectivity index (χ0) is 25.2. The van der Waals surface area contributed by atoms with Crippen LogP contribution in [0.5, 0.6) is 0 Å². The number of hydrogen-bond donors (Lipinski definition) is 3. The van der Waals surface area contributed by atoms with Gasteiger partial charge in [0.05, 0.1) is 34.6 Å². The maximum atomic E-state index is 13.3. The lowest BCUT2D eigenvalue weighted by atomic mass is 9.65. The van der Waals surface area contributed by atoms with Crippen molar-refractivity contribution in [1.82, 2.24) is 10.2 Å². The highest BCUT2D eigenvalue weighted by atomic mass is 32.1. The van der Waals surface area contributed by atoms with Crippen molar-refractivity contribution in [2.45, 2.75) is 43.1 Å². The van der Waals surface area contributed by atoms with Gasteiger partial charge < -0.3 is 5.32 Å². The molecule has 2 N–H and O–H groups in total. The topological polar surface area (TPSA) is 104 Å². The summed E-state index contributed by atoms with van der Waals surface area (Å²) < 4.78 is 0. The number of likely N-dealkylation sites (N-methyl/N-ethyl adjacent to an activating group) is 1. The molecule has 1 saturated carbocycles. The lowest BCUT2D eigenvalue weighted by molar-refractivity contribution is -0.130. The smallest absolute Gasteiger partial charge is 0.239 e. The molecule has 1 saturated heterocycles. The van der Waals surface area contributed by atoms with E-state index < -0.39 is 16.9 Å². The van der Waals surface area contributed by atoms with Gasteiger partial charge in [-0.2, -0.15) is 10.5 Å². The van der Waals surface area contributed by atoms with Crippen molar-refractivity contribution in [1.29, 1.82) is 15.9 Å². The van der Waals surface area contributed by atoms with Crippen LogP contribution in [0.15, 0.2) is 66.8 Å². The molecule has 4 rings (SSSR count). The molecule has 2 atom stereocenters. The first-order valence-electron chi connectivity index (χ1n) is 11.5. The number of thiol groups is 1. The predicted octanol–water partition coefficient (Wildman–Crippen LogP) is 4.87. The Morgan fingerprint density at radius 3 is 2.54 bits per heavy atom. The fraction of sp³-hybridized carbons (Fsp3) is 0.286. The summed E-state index contributed by atoms with van der Waals surface area (Å²) in [4.78, 5) is 15.3. The van der Waals surface area contributed by atoms with Crippen molar-refractivity contribution < 1.29 is 4.79 Å². The molecule has 0 spiro atoms. The van der Waals surface area contributed by atoms with Crippen molar-refractivity contribution in [3.05, 3.63) is 89.0 Å². The number of nitrogens with zero attached hydrogens (tertiary/aromatic N) is 3. The Morgan fingerprint density at radius 2 is 1.94 bits per heavy atom. The molecule has 1 unspecified atom stereocenters. The molecule has 2 fully saturated rings. The molecule has 1 aliphatic carbocycles. The summed E-state index contributed by atoms with van der Waals surface area (Å²) >= 11 is 4.57. The van der Waals surface area contributed by atoms with Gasteiger partial charge in [0.1, 0.15) is 0 Å². The lowest BCUT2D eigenvalue weighted by Crippen LogP contribution is -2.63. The number of carbonyl (C=O) groups excluding carboxylic acids is 1. The van der Waals surface area contributed by atoms with Gasteiger partial charge in [0, 0.05) is 12.0 Å². The molecule has 2 aliphatic rings. The van der Waals surface area contributed by atoms with Gasteiger partial charge in [-0.1, -0.05) is 48.6 Å². The minimum absolute atomic E-state index is 0.0321. The first-order valence-corrected chi connectivity index (χ1v) is 11.9. The van der Waals surface area contributed by atoms with E-state index in [1.807, 2.05) is 55.5 Å². The highest BCUT2D eigenvalue weighted by Crippen LogP contribution is 2.44. The number of allylic oxidation sites excluding steroid dienone is 2. The van der Waals surface area contributed by atoms with E-state index in [0.29, 0.717) is 10.5 Å². The fourth-order valence-electron chi connectivity index (χ4n) is 4.77. The van der Waals surface area contributed by atoms with Crippen molar-refractivity contribution in [2.24, 2.45) is 0 Å². The molecule has 0 bridgehead atoms. The molecule has 176 valence electrons. The molecule has 1 amide bonds. The normalized spacial score (nSPS) is 23.9. The number of amides is 1. The Balaban J connectivity index is 1.65. The van der Waals surface area contributed by atoms with Crippen LogP contribution >= 0.6 is 12.6 Å². The van der Waals surface area contributed by atoms with Crippen molar-refractivity contribution in [3.63, 3.8) is 0 Å². The van der Waals surface area contributed by atoms with Crippen molar-refractivity contribution >= 4 is 29.4 Å². The fourth-order valence-corrected chi connectivity index (χ4v) is 5.00. The van der Waals surface area contributed by atoms with Gasteiger partial charge in [-0.05, 0) is 61.1 Å². The summed E-state index contributed by atoms with van der Waals surface area (Å²) in [5.74, 6) is -0.709. The predicted molar refractivity (Wildman–Crippen MR) is 140 cm³/mol. The van der Waals surface area contributed by atoms with E-state index in [9.17, 15) is 10.1 Å². The third kappa shape index (κ3) is 4.48. The SMILES string of the molecule is CN1C(=N)N[C@](C)(/C=C/C=C(\S)c2cccc(C#N)c2)C(c2ccc(C3(C#N)CCC3)cc2)C1=O. The van der Waals surface area contributed by atoms with E-state index >= 15 is 0 Å². The van der Waals surface area contributed by atoms with Crippen LogP contribution in [0.25, 0.3) is 4.91 Å². The standard InChI is InChI=1S/C28H27N5OS/c1-27(13-4-8-23(35)21-7-3-6-19(16-21)17-29)24(25(34)33(2)26(31)32-27)20-9-11-22(12-10-20)28(18-30)14-5-15-28/h3-4,6-13,16,24,35H,5,14-15H2,1-2H3,(H2,31,32)/b13-4+,23-8-/t24?,27-/m1/s1. The average molecular weight is 482 g/mol. The molecule has 6 nitrogen and oxygen atoms in total. The van der Waals surface area contributed by atoms with Crippen LogP contribution in [0, 0.1) is 28.1 Å². The van der Waals surface area contributed by atoms with Gasteiger partial charge >= 0.3 is 0 Å². The Morgan fingerprint density at radius 1 is 1.23 bits per heavy atom. The van der Waals surface area contributed by atoms with Crippen LogP contribution in [0.1, 0.15) is 54.4 Å². The Bertz CT molecular complexity index is 1310. The Hall–Kier alpha value is -3.81. The van der Waals surface area contributed by atoms with Crippen LogP contribution < -0.4 is 5.32 Å². The summed E-state index contributed by atoms with van der Waals surface area (Å²) in [6, 6.07) is 19.6. The van der Waals surface area contributed by atoms with Gasteiger partial charge in [0.2, 0.25) is 5.91 Å². The monoisotopic (exact) mass is 481 g/mol. The molecule has 0 radical (unpaired) electrons. The van der Waals surface area contributed by atoms with Crippen LogP contribution in [0.4, 0.5) is 0 Å². The van der Waals surface area contributed by atoms with Crippen molar-refractivity contribution in [2.75, 3.05) is 7.05 Å². The van der Waals surface area contributed by atoms with E-state index in [1.165, 1.54) is 4.90 Å². The van der Waals surface area contributed by atoms with E-state index in [0.717, 1.165) is 36.0 Å². The minimum Gasteiger partial charge on any atom is -0.346 e. The highest BCUT2D eigenvalue weighted by molar-refractivity contribution is 7.90. The first-order chi connectivity index (χ1) is 16.7. The molecule has 7 heteroatoms. The molecule has 2 aromatic carbocycles. The Labute approximate surface area is 211 Å². The number of benzene rings is 2. The van der Waals surface area contributed by atoms with Gasteiger partial charge in [0.25, 0.3) is 0 Å². The molecular weight excluding hydrogens is 454 g/mol. The quantitative estimate of drug-likeness (QED) is 0.419. The highest BCUT2D eigenvalue weighted by Gasteiger charge is 2.46. The third-order valence-corrected chi connectivity index (χ3v) is 7.51. The number of guanidine groups is 1. The van der Waals surface area contributed by atoms with Crippen LogP contribution in [0.2, 0.25) is 0 Å². The summed E-state index contributed by atoms with van der Waals surface area (Å²) in [6.07, 6.45) is 8.29. The molecule has 35 heavy (non-hydrogen) atoms. The first kappa shape index (κ1) is 24.3. The maximum Gasteiger partial charge on any atom is 0.239 e. The number of nitriles is 2. The van der Waals surface area contributed by atoms with E-state index in [4.69, 9.17) is 10.7 Å². The van der Waals surface area contributed by atoms with E-state index in [-0.39, 0.29) is 11.9 Å². The molecule has 1 aliphatic heterocycles. The minimum atomic E-state index is -0.857. The van der Waals surface area contributed by atoms with Gasteiger partial charge in [0.15, 0.2) is 5.96 Å². The number of rotatable bonds is 5. The largest absolute Gasteiger partial charge is 0.346 e. The summed E-state index contributed by atoms with van der Waals surface area (Å²) in [7, 11) is 1.59. The van der Waals surface area contributed by atoms with Gasteiger partial charge in [-0.3, -0.25) is 15.1 Å². The summed E-state index contributed by atoms with van der Waals surface area (Å²) in [6.45, 7) is 1.90. The molecule has 0 aromatic heterocycles. The van der Waals surface area contributed by atoms with E-state index in [1.54, 1.807) is 25.2 Å². The lowest BCUT2D eigenvalue weighted by Gasteiger charge is -2.44. The average Bonchev–Trinajstić information content (AvgIpc) is 2.83. The second-order valence-electron chi connectivity index (χ2n) is 9.36. The second kappa shape index (κ2) is 9.44. The van der Waals surface area contributed by atoms with E-state index in [2.05, 4.69) is 30.1 Å². The third-order valence-electron chi connectivity index (χ3n) is 7.10. The van der Waals surface area contributed by atoms with Crippen molar-refractivity contribution in [3.8, 4) is 12.1 Å². The van der Waals surface area contributed by atoms with Crippen LogP contribution in [-0.2, 0) is 10.2 Å². The zero-order valence-electron chi connectivity index (χ0n) is 19.7. The number of hydrogen-bond acceptors (Lipinski definition) is 5. The second-order valence-corrected chi connectivity index (χ2v) is 9.84. The molecular formula is C28H27N5OS. The number of nitrogens with one attached hydrogen (secondary N) is 2. The molecule has 2 aromatic rings.